The van der Waals surface area contributed by atoms with E-state index < -0.39 is 0 Å². The number of amides is 2. The van der Waals surface area contributed by atoms with Crippen LogP contribution in [0.5, 0.6) is 0 Å². The number of fused-ring (bicyclic) bond motifs is 1. The molecule has 1 saturated heterocycles. The molecule has 0 spiro atoms. The third-order valence-electron chi connectivity index (χ3n) is 4.45. The number of aromatic nitrogens is 2. The van der Waals surface area contributed by atoms with Crippen LogP contribution in [0.2, 0.25) is 0 Å². The molecular weight excluding hydrogens is 328 g/mol. The first-order valence-corrected chi connectivity index (χ1v) is 8.92. The maximum atomic E-state index is 12.6. The molecule has 0 aliphatic carbocycles. The quantitative estimate of drug-likeness (QED) is 0.904. The zero-order chi connectivity index (χ0) is 16.5. The summed E-state index contributed by atoms with van der Waals surface area (Å²) >= 11 is 1.58. The maximum Gasteiger partial charge on any atom is 0.269 e. The molecule has 7 nitrogen and oxygen atoms in total. The number of morpholine rings is 1. The highest BCUT2D eigenvalue weighted by Crippen LogP contribution is 2.29. The predicted octanol–water partition coefficient (Wildman–Crippen LogP) is 1.15. The van der Waals surface area contributed by atoms with Crippen molar-refractivity contribution >= 4 is 23.2 Å². The van der Waals surface area contributed by atoms with Crippen LogP contribution in [0.25, 0.3) is 11.4 Å². The molecule has 1 unspecified atom stereocenters. The summed E-state index contributed by atoms with van der Waals surface area (Å²) in [7, 11) is 0. The van der Waals surface area contributed by atoms with Crippen molar-refractivity contribution in [3.8, 4) is 11.4 Å². The summed E-state index contributed by atoms with van der Waals surface area (Å²) in [6.45, 7) is 2.88. The van der Waals surface area contributed by atoms with Crippen molar-refractivity contribution in [2.45, 2.75) is 12.5 Å². The number of thiophene rings is 1. The zero-order valence-electron chi connectivity index (χ0n) is 13.1. The lowest BCUT2D eigenvalue weighted by Gasteiger charge is -2.31. The Morgan fingerprint density at radius 2 is 2.25 bits per heavy atom. The lowest BCUT2D eigenvalue weighted by atomic mass is 10.1. The van der Waals surface area contributed by atoms with E-state index in [0.717, 1.165) is 11.4 Å². The van der Waals surface area contributed by atoms with Gasteiger partial charge in [-0.05, 0) is 11.4 Å². The summed E-state index contributed by atoms with van der Waals surface area (Å²) in [6, 6.07) is 1.86. The second-order valence-corrected chi connectivity index (χ2v) is 6.69. The Labute approximate surface area is 143 Å². The highest BCUT2D eigenvalue weighted by atomic mass is 32.1. The summed E-state index contributed by atoms with van der Waals surface area (Å²) in [5, 5.41) is 6.85. The van der Waals surface area contributed by atoms with E-state index in [1.807, 2.05) is 26.3 Å². The monoisotopic (exact) mass is 346 g/mol. The highest BCUT2D eigenvalue weighted by Gasteiger charge is 2.31. The average molecular weight is 346 g/mol. The Balaban J connectivity index is 1.62. The molecule has 4 heterocycles. The summed E-state index contributed by atoms with van der Waals surface area (Å²) in [5.41, 5.74) is 1.49. The molecule has 0 bridgehead atoms. The van der Waals surface area contributed by atoms with Crippen LogP contribution >= 0.6 is 11.3 Å². The number of hydrogen-bond donors (Lipinski definition) is 1. The van der Waals surface area contributed by atoms with Crippen LogP contribution in [-0.2, 0) is 9.53 Å². The van der Waals surface area contributed by atoms with Crippen LogP contribution in [0.3, 0.4) is 0 Å². The molecule has 2 aromatic heterocycles. The van der Waals surface area contributed by atoms with Gasteiger partial charge in [-0.15, -0.1) is 0 Å². The average Bonchev–Trinajstić information content (AvgIpc) is 3.27. The number of ether oxygens (including phenoxy) is 1. The molecule has 8 heteroatoms. The smallest absolute Gasteiger partial charge is 0.269 e. The van der Waals surface area contributed by atoms with E-state index in [2.05, 4.69) is 10.3 Å². The van der Waals surface area contributed by atoms with Crippen LogP contribution in [0.1, 0.15) is 23.0 Å². The van der Waals surface area contributed by atoms with E-state index in [1.165, 1.54) is 0 Å². The molecule has 2 aromatic rings. The standard InChI is InChI=1S/C16H18N4O3S/c21-14(19-2-4-23-5-3-19)7-12-8-18-16(22)13-9-17-15(20(12)13)11-1-6-24-10-11/h1,6,9-10,12H,2-5,7-8H2,(H,18,22). The van der Waals surface area contributed by atoms with Crippen LogP contribution in [-0.4, -0.2) is 59.1 Å². The van der Waals surface area contributed by atoms with Crippen molar-refractivity contribution in [3.05, 3.63) is 28.7 Å². The SMILES string of the molecule is O=C1NCC(CC(=O)N2CCOCC2)n2c1cnc2-c1ccsc1. The minimum atomic E-state index is -0.140. The molecule has 0 saturated carbocycles. The second kappa shape index (κ2) is 6.37. The van der Waals surface area contributed by atoms with Crippen molar-refractivity contribution in [1.82, 2.24) is 19.8 Å². The molecular formula is C16H18N4O3S. The van der Waals surface area contributed by atoms with Gasteiger partial charge in [-0.1, -0.05) is 0 Å². The molecule has 126 valence electrons. The summed E-state index contributed by atoms with van der Waals surface area (Å²) in [6.07, 6.45) is 1.94. The fourth-order valence-electron chi connectivity index (χ4n) is 3.20. The van der Waals surface area contributed by atoms with Gasteiger partial charge in [-0.3, -0.25) is 9.59 Å². The molecule has 0 radical (unpaired) electrons. The minimum Gasteiger partial charge on any atom is -0.378 e. The van der Waals surface area contributed by atoms with Crippen molar-refractivity contribution < 1.29 is 14.3 Å². The van der Waals surface area contributed by atoms with Gasteiger partial charge in [0.2, 0.25) is 5.91 Å². The fraction of sp³-hybridized carbons (Fsp3) is 0.438. The Morgan fingerprint density at radius 1 is 1.42 bits per heavy atom. The van der Waals surface area contributed by atoms with Crippen LogP contribution in [0.4, 0.5) is 0 Å². The van der Waals surface area contributed by atoms with Gasteiger partial charge in [0.1, 0.15) is 11.5 Å². The van der Waals surface area contributed by atoms with E-state index in [-0.39, 0.29) is 17.9 Å². The lowest BCUT2D eigenvalue weighted by molar-refractivity contribution is -0.136. The molecule has 24 heavy (non-hydrogen) atoms. The van der Waals surface area contributed by atoms with E-state index in [4.69, 9.17) is 4.74 Å². The van der Waals surface area contributed by atoms with Gasteiger partial charge in [-0.25, -0.2) is 4.98 Å². The molecule has 1 fully saturated rings. The third-order valence-corrected chi connectivity index (χ3v) is 5.13. The maximum absolute atomic E-state index is 12.6. The molecule has 4 rings (SSSR count). The number of carbonyl (C=O) groups is 2. The third kappa shape index (κ3) is 2.71. The predicted molar refractivity (Wildman–Crippen MR) is 88.9 cm³/mol. The molecule has 2 aliphatic heterocycles. The Kier molecular flexibility index (Phi) is 4.07. The van der Waals surface area contributed by atoms with Gasteiger partial charge in [0.15, 0.2) is 0 Å². The van der Waals surface area contributed by atoms with E-state index in [9.17, 15) is 9.59 Å². The molecule has 1 N–H and O–H groups in total. The van der Waals surface area contributed by atoms with Crippen molar-refractivity contribution in [1.29, 1.82) is 0 Å². The van der Waals surface area contributed by atoms with Crippen molar-refractivity contribution in [2.24, 2.45) is 0 Å². The first kappa shape index (κ1) is 15.3. The number of carbonyl (C=O) groups excluding carboxylic acids is 2. The van der Waals surface area contributed by atoms with Gasteiger partial charge < -0.3 is 19.5 Å². The Morgan fingerprint density at radius 3 is 3.00 bits per heavy atom. The number of nitrogens with zero attached hydrogens (tertiary/aromatic N) is 3. The zero-order valence-corrected chi connectivity index (χ0v) is 13.9. The first-order chi connectivity index (χ1) is 11.7. The topological polar surface area (TPSA) is 76.5 Å². The fourth-order valence-corrected chi connectivity index (χ4v) is 3.84. The number of imidazole rings is 1. The van der Waals surface area contributed by atoms with Crippen LogP contribution in [0, 0.1) is 0 Å². The van der Waals surface area contributed by atoms with E-state index in [1.54, 1.807) is 17.5 Å². The molecule has 1 atom stereocenters. The molecule has 2 amide bonds. The first-order valence-electron chi connectivity index (χ1n) is 7.97. The summed E-state index contributed by atoms with van der Waals surface area (Å²) in [4.78, 5) is 31.0. The van der Waals surface area contributed by atoms with E-state index >= 15 is 0 Å². The summed E-state index contributed by atoms with van der Waals surface area (Å²) < 4.78 is 7.22. The Hall–Kier alpha value is -2.19. The van der Waals surface area contributed by atoms with Crippen LogP contribution in [0.15, 0.2) is 23.0 Å². The van der Waals surface area contributed by atoms with Gasteiger partial charge in [0.25, 0.3) is 5.91 Å². The minimum absolute atomic E-state index is 0.0929. The van der Waals surface area contributed by atoms with Gasteiger partial charge in [-0.2, -0.15) is 11.3 Å². The second-order valence-electron chi connectivity index (χ2n) is 5.91. The summed E-state index contributed by atoms with van der Waals surface area (Å²) in [5.74, 6) is 0.704. The number of hydrogen-bond acceptors (Lipinski definition) is 5. The number of rotatable bonds is 3. The van der Waals surface area contributed by atoms with E-state index in [0.29, 0.717) is 45.0 Å². The van der Waals surface area contributed by atoms with Gasteiger partial charge >= 0.3 is 0 Å². The molecule has 2 aliphatic rings. The normalized spacial score (nSPS) is 20.6. The number of nitrogens with one attached hydrogen (secondary N) is 1. The van der Waals surface area contributed by atoms with Crippen molar-refractivity contribution in [2.75, 3.05) is 32.8 Å². The van der Waals surface area contributed by atoms with Gasteiger partial charge in [0, 0.05) is 37.0 Å². The van der Waals surface area contributed by atoms with Crippen molar-refractivity contribution in [3.63, 3.8) is 0 Å². The Bertz CT molecular complexity index is 749. The largest absolute Gasteiger partial charge is 0.378 e. The highest BCUT2D eigenvalue weighted by molar-refractivity contribution is 7.08. The molecule has 0 aromatic carbocycles. The van der Waals surface area contributed by atoms with Gasteiger partial charge in [0.05, 0.1) is 25.5 Å². The van der Waals surface area contributed by atoms with Crippen LogP contribution < -0.4 is 5.32 Å². The lowest BCUT2D eigenvalue weighted by Crippen LogP contribution is -2.44.